The zero-order valence-electron chi connectivity index (χ0n) is 13.8. The molecule has 0 radical (unpaired) electrons. The largest absolute Gasteiger partial charge is 0.481 e. The SMILES string of the molecule is C[C@@H]1CCc2c(sc(NC(=O)[C@@H]3CCCC[C@@H]3C(=O)O)c2C#N)C1. The summed E-state index contributed by atoms with van der Waals surface area (Å²) in [5.74, 6) is -1.65. The second-order valence-electron chi connectivity index (χ2n) is 6.99. The van der Waals surface area contributed by atoms with Crippen molar-refractivity contribution in [3.63, 3.8) is 0 Å². The van der Waals surface area contributed by atoms with E-state index in [1.165, 1.54) is 16.2 Å². The van der Waals surface area contributed by atoms with Gasteiger partial charge < -0.3 is 10.4 Å². The number of carbonyl (C=O) groups excluding carboxylic acids is 1. The second-order valence-corrected chi connectivity index (χ2v) is 8.10. The molecule has 0 bridgehead atoms. The first-order valence-corrected chi connectivity index (χ1v) is 9.41. The van der Waals surface area contributed by atoms with E-state index in [2.05, 4.69) is 18.3 Å². The van der Waals surface area contributed by atoms with Crippen LogP contribution in [-0.2, 0) is 22.4 Å². The van der Waals surface area contributed by atoms with Gasteiger partial charge in [-0.25, -0.2) is 0 Å². The van der Waals surface area contributed by atoms with Crippen LogP contribution < -0.4 is 5.32 Å². The normalized spacial score (nSPS) is 26.2. The minimum Gasteiger partial charge on any atom is -0.481 e. The van der Waals surface area contributed by atoms with E-state index in [1.807, 2.05) is 0 Å². The Bertz CT molecular complexity index is 704. The van der Waals surface area contributed by atoms with Crippen LogP contribution in [0.3, 0.4) is 0 Å². The van der Waals surface area contributed by atoms with Gasteiger partial charge in [-0.05, 0) is 43.6 Å². The zero-order chi connectivity index (χ0) is 17.3. The van der Waals surface area contributed by atoms with Crippen LogP contribution in [0.4, 0.5) is 5.00 Å². The lowest BCUT2D eigenvalue weighted by molar-refractivity contribution is -0.147. The Hall–Kier alpha value is -1.87. The molecule has 1 aromatic rings. The summed E-state index contributed by atoms with van der Waals surface area (Å²) >= 11 is 1.49. The maximum absolute atomic E-state index is 12.7. The molecule has 1 aromatic heterocycles. The van der Waals surface area contributed by atoms with Crippen LogP contribution in [0.5, 0.6) is 0 Å². The third-order valence-corrected chi connectivity index (χ3v) is 6.45. The molecule has 2 N–H and O–H groups in total. The predicted octanol–water partition coefficient (Wildman–Crippen LogP) is 3.57. The van der Waals surface area contributed by atoms with Crippen molar-refractivity contribution in [2.24, 2.45) is 17.8 Å². The Morgan fingerprint density at radius 1 is 1.25 bits per heavy atom. The lowest BCUT2D eigenvalue weighted by Gasteiger charge is -2.27. The van der Waals surface area contributed by atoms with Gasteiger partial charge in [0.2, 0.25) is 5.91 Å². The molecule has 0 aromatic carbocycles. The zero-order valence-corrected chi connectivity index (χ0v) is 14.6. The smallest absolute Gasteiger partial charge is 0.307 e. The number of fused-ring (bicyclic) bond motifs is 1. The minimum atomic E-state index is -0.894. The Morgan fingerprint density at radius 3 is 2.62 bits per heavy atom. The molecule has 3 rings (SSSR count). The van der Waals surface area contributed by atoms with Gasteiger partial charge in [0, 0.05) is 4.88 Å². The Labute approximate surface area is 145 Å². The Morgan fingerprint density at radius 2 is 1.96 bits per heavy atom. The number of nitriles is 1. The number of carbonyl (C=O) groups is 2. The number of hydrogen-bond acceptors (Lipinski definition) is 4. The van der Waals surface area contributed by atoms with E-state index in [0.717, 1.165) is 37.7 Å². The van der Waals surface area contributed by atoms with Crippen LogP contribution >= 0.6 is 11.3 Å². The van der Waals surface area contributed by atoms with Gasteiger partial charge in [-0.15, -0.1) is 11.3 Å². The standard InChI is InChI=1S/C18H22N2O3S/c1-10-6-7-11-14(9-19)17(24-15(11)8-10)20-16(21)12-4-2-3-5-13(12)18(22)23/h10,12-13H,2-8H2,1H3,(H,20,21)(H,22,23)/t10-,12-,13+/m1/s1. The number of rotatable bonds is 3. The summed E-state index contributed by atoms with van der Waals surface area (Å²) in [6, 6.07) is 2.24. The summed E-state index contributed by atoms with van der Waals surface area (Å²) < 4.78 is 0. The van der Waals surface area contributed by atoms with Crippen molar-refractivity contribution < 1.29 is 14.7 Å². The summed E-state index contributed by atoms with van der Waals surface area (Å²) in [4.78, 5) is 25.3. The number of amides is 1. The molecular weight excluding hydrogens is 324 g/mol. The van der Waals surface area contributed by atoms with Gasteiger partial charge in [0.25, 0.3) is 0 Å². The molecule has 24 heavy (non-hydrogen) atoms. The van der Waals surface area contributed by atoms with Crippen LogP contribution in [0, 0.1) is 29.1 Å². The summed E-state index contributed by atoms with van der Waals surface area (Å²) in [5, 5.41) is 22.3. The molecule has 2 aliphatic rings. The van der Waals surface area contributed by atoms with Crippen molar-refractivity contribution in [3.8, 4) is 6.07 Å². The van der Waals surface area contributed by atoms with E-state index in [0.29, 0.717) is 29.3 Å². The molecule has 5 nitrogen and oxygen atoms in total. The van der Waals surface area contributed by atoms with Crippen LogP contribution in [-0.4, -0.2) is 17.0 Å². The van der Waals surface area contributed by atoms with Gasteiger partial charge in [0.1, 0.15) is 11.1 Å². The number of nitrogens with zero attached hydrogens (tertiary/aromatic N) is 1. The van der Waals surface area contributed by atoms with E-state index in [9.17, 15) is 20.0 Å². The molecule has 1 saturated carbocycles. The van der Waals surface area contributed by atoms with Gasteiger partial charge in [-0.1, -0.05) is 19.8 Å². The van der Waals surface area contributed by atoms with E-state index in [4.69, 9.17) is 0 Å². The highest BCUT2D eigenvalue weighted by atomic mass is 32.1. The maximum Gasteiger partial charge on any atom is 0.307 e. The molecular formula is C18H22N2O3S. The van der Waals surface area contributed by atoms with Crippen LogP contribution in [0.2, 0.25) is 0 Å². The highest BCUT2D eigenvalue weighted by molar-refractivity contribution is 7.16. The predicted molar refractivity (Wildman–Crippen MR) is 91.9 cm³/mol. The van der Waals surface area contributed by atoms with Gasteiger partial charge in [-0.2, -0.15) is 5.26 Å². The molecule has 2 aliphatic carbocycles. The minimum absolute atomic E-state index is 0.245. The number of nitrogens with one attached hydrogen (secondary N) is 1. The summed E-state index contributed by atoms with van der Waals surface area (Å²) in [6.07, 6.45) is 5.79. The molecule has 0 unspecified atom stereocenters. The fourth-order valence-electron chi connectivity index (χ4n) is 3.90. The molecule has 1 fully saturated rings. The van der Waals surface area contributed by atoms with Crippen molar-refractivity contribution in [2.75, 3.05) is 5.32 Å². The van der Waals surface area contributed by atoms with Crippen molar-refractivity contribution in [3.05, 3.63) is 16.0 Å². The number of anilines is 1. The highest BCUT2D eigenvalue weighted by Crippen LogP contribution is 2.40. The molecule has 6 heteroatoms. The fourth-order valence-corrected chi connectivity index (χ4v) is 5.27. The number of thiophene rings is 1. The Balaban J connectivity index is 1.82. The summed E-state index contributed by atoms with van der Waals surface area (Å²) in [5.41, 5.74) is 1.66. The third kappa shape index (κ3) is 3.18. The van der Waals surface area contributed by atoms with Crippen molar-refractivity contribution >= 4 is 28.2 Å². The maximum atomic E-state index is 12.7. The van der Waals surface area contributed by atoms with E-state index in [1.54, 1.807) is 0 Å². The van der Waals surface area contributed by atoms with Gasteiger partial charge in [0.15, 0.2) is 0 Å². The van der Waals surface area contributed by atoms with Gasteiger partial charge in [0.05, 0.1) is 17.4 Å². The quantitative estimate of drug-likeness (QED) is 0.875. The van der Waals surface area contributed by atoms with Gasteiger partial charge in [-0.3, -0.25) is 9.59 Å². The highest BCUT2D eigenvalue weighted by Gasteiger charge is 2.36. The average molecular weight is 346 g/mol. The number of hydrogen-bond donors (Lipinski definition) is 2. The van der Waals surface area contributed by atoms with Crippen molar-refractivity contribution in [1.82, 2.24) is 0 Å². The number of carboxylic acid groups (broad SMARTS) is 1. The fraction of sp³-hybridized carbons (Fsp3) is 0.611. The van der Waals surface area contributed by atoms with Crippen LogP contribution in [0.25, 0.3) is 0 Å². The van der Waals surface area contributed by atoms with Crippen molar-refractivity contribution in [1.29, 1.82) is 5.26 Å². The van der Waals surface area contributed by atoms with Crippen LogP contribution in [0.1, 0.15) is 55.0 Å². The molecule has 1 heterocycles. The molecule has 3 atom stereocenters. The van der Waals surface area contributed by atoms with Crippen LogP contribution in [0.15, 0.2) is 0 Å². The first-order chi connectivity index (χ1) is 11.5. The molecule has 0 spiro atoms. The van der Waals surface area contributed by atoms with Gasteiger partial charge >= 0.3 is 5.97 Å². The third-order valence-electron chi connectivity index (χ3n) is 5.28. The average Bonchev–Trinajstić information content (AvgIpc) is 2.90. The number of aliphatic carboxylic acids is 1. The van der Waals surface area contributed by atoms with E-state index >= 15 is 0 Å². The molecule has 0 aliphatic heterocycles. The van der Waals surface area contributed by atoms with E-state index in [-0.39, 0.29) is 5.91 Å². The summed E-state index contributed by atoms with van der Waals surface area (Å²) in [6.45, 7) is 2.20. The Kier molecular flexibility index (Phi) is 4.91. The topological polar surface area (TPSA) is 90.2 Å². The van der Waals surface area contributed by atoms with Crippen molar-refractivity contribution in [2.45, 2.75) is 51.9 Å². The molecule has 0 saturated heterocycles. The molecule has 1 amide bonds. The summed E-state index contributed by atoms with van der Waals surface area (Å²) in [7, 11) is 0. The number of carboxylic acids is 1. The first kappa shape index (κ1) is 17.0. The molecule has 128 valence electrons. The second kappa shape index (κ2) is 6.94. The first-order valence-electron chi connectivity index (χ1n) is 8.59. The lowest BCUT2D eigenvalue weighted by atomic mass is 9.78. The monoisotopic (exact) mass is 346 g/mol. The van der Waals surface area contributed by atoms with E-state index < -0.39 is 17.8 Å². The lowest BCUT2D eigenvalue weighted by Crippen LogP contribution is -2.36.